The number of alkyl halides is 2. The van der Waals surface area contributed by atoms with Gasteiger partial charge in [-0.1, -0.05) is 6.07 Å². The van der Waals surface area contributed by atoms with Crippen LogP contribution in [-0.2, 0) is 0 Å². The molecule has 1 atom stereocenters. The van der Waals surface area contributed by atoms with Gasteiger partial charge in [0.1, 0.15) is 6.04 Å². The first-order valence-corrected chi connectivity index (χ1v) is 3.86. The number of benzene rings is 1. The van der Waals surface area contributed by atoms with Gasteiger partial charge in [0.2, 0.25) is 0 Å². The molecule has 1 aromatic carbocycles. The summed E-state index contributed by atoms with van der Waals surface area (Å²) in [7, 11) is 0. The number of nitrogens with one attached hydrogen (secondary N) is 1. The fraction of sp³-hybridized carbons (Fsp3) is 0.250. The molecule has 0 heterocycles. The van der Waals surface area contributed by atoms with Crippen molar-refractivity contribution in [2.24, 2.45) is 5.84 Å². The third kappa shape index (κ3) is 2.24. The molecule has 1 unspecified atom stereocenters. The van der Waals surface area contributed by atoms with Crippen molar-refractivity contribution in [1.29, 1.82) is 0 Å². The van der Waals surface area contributed by atoms with Gasteiger partial charge in [0.05, 0.1) is 0 Å². The van der Waals surface area contributed by atoms with E-state index in [1.54, 1.807) is 5.43 Å². The summed E-state index contributed by atoms with van der Waals surface area (Å²) in [6, 6.07) is -0.606. The van der Waals surface area contributed by atoms with Crippen molar-refractivity contribution in [2.45, 2.75) is 12.5 Å². The van der Waals surface area contributed by atoms with Crippen LogP contribution in [0.5, 0.6) is 0 Å². The summed E-state index contributed by atoms with van der Waals surface area (Å²) in [5.74, 6) is -0.159. The quantitative estimate of drug-likeness (QED) is 0.357. The highest BCUT2D eigenvalue weighted by molar-refractivity contribution is 5.24. The van der Waals surface area contributed by atoms with Crippen LogP contribution in [0.3, 0.4) is 0 Å². The standard InChI is InChI=1S/C8H7F5N2/c9-4-2-1-3(5(10)6(4)11)7(15-14)8(12)13/h1-2,7-8,15H,14H2. The Balaban J connectivity index is 3.19. The Morgan fingerprint density at radius 1 is 1.07 bits per heavy atom. The molecule has 3 N–H and O–H groups in total. The zero-order valence-electron chi connectivity index (χ0n) is 7.28. The first kappa shape index (κ1) is 11.9. The summed E-state index contributed by atoms with van der Waals surface area (Å²) in [6.07, 6.45) is -3.03. The highest BCUT2D eigenvalue weighted by Crippen LogP contribution is 2.25. The molecule has 0 saturated heterocycles. The third-order valence-electron chi connectivity index (χ3n) is 1.83. The molecule has 0 aliphatic rings. The number of hydrazine groups is 1. The number of rotatable bonds is 3. The first-order valence-electron chi connectivity index (χ1n) is 3.86. The second kappa shape index (κ2) is 4.54. The maximum atomic E-state index is 13.0. The lowest BCUT2D eigenvalue weighted by Crippen LogP contribution is -2.33. The van der Waals surface area contributed by atoms with Gasteiger partial charge >= 0.3 is 0 Å². The predicted molar refractivity (Wildman–Crippen MR) is 42.4 cm³/mol. The molecular formula is C8H7F5N2. The zero-order chi connectivity index (χ0) is 11.6. The summed E-state index contributed by atoms with van der Waals surface area (Å²) < 4.78 is 62.7. The summed E-state index contributed by atoms with van der Waals surface area (Å²) in [5.41, 5.74) is 0.910. The summed E-state index contributed by atoms with van der Waals surface area (Å²) in [6.45, 7) is 0. The van der Waals surface area contributed by atoms with E-state index in [9.17, 15) is 22.0 Å². The van der Waals surface area contributed by atoms with Gasteiger partial charge in [-0.2, -0.15) is 0 Å². The number of hydrogen-bond donors (Lipinski definition) is 2. The van der Waals surface area contributed by atoms with Gasteiger partial charge in [0, 0.05) is 5.56 Å². The highest BCUT2D eigenvalue weighted by atomic mass is 19.3. The Morgan fingerprint density at radius 2 is 1.67 bits per heavy atom. The molecular weight excluding hydrogens is 219 g/mol. The largest absolute Gasteiger partial charge is 0.271 e. The minimum Gasteiger partial charge on any atom is -0.271 e. The van der Waals surface area contributed by atoms with Crippen LogP contribution in [0, 0.1) is 17.5 Å². The van der Waals surface area contributed by atoms with Crippen molar-refractivity contribution < 1.29 is 22.0 Å². The van der Waals surface area contributed by atoms with E-state index in [4.69, 9.17) is 5.84 Å². The van der Waals surface area contributed by atoms with E-state index in [-0.39, 0.29) is 0 Å². The lowest BCUT2D eigenvalue weighted by molar-refractivity contribution is 0.0964. The fourth-order valence-corrected chi connectivity index (χ4v) is 1.08. The van der Waals surface area contributed by atoms with Gasteiger partial charge < -0.3 is 0 Å². The van der Waals surface area contributed by atoms with E-state index in [2.05, 4.69) is 0 Å². The third-order valence-corrected chi connectivity index (χ3v) is 1.83. The van der Waals surface area contributed by atoms with Crippen molar-refractivity contribution in [1.82, 2.24) is 5.43 Å². The van der Waals surface area contributed by atoms with Crippen LogP contribution in [-0.4, -0.2) is 6.43 Å². The van der Waals surface area contributed by atoms with Crippen molar-refractivity contribution in [3.8, 4) is 0 Å². The second-order valence-corrected chi connectivity index (χ2v) is 2.74. The molecule has 0 spiro atoms. The van der Waals surface area contributed by atoms with Crippen LogP contribution in [0.4, 0.5) is 22.0 Å². The Kier molecular flexibility index (Phi) is 3.59. The minimum atomic E-state index is -3.03. The fourth-order valence-electron chi connectivity index (χ4n) is 1.08. The van der Waals surface area contributed by atoms with Gasteiger partial charge in [0.15, 0.2) is 17.5 Å². The SMILES string of the molecule is NNC(c1ccc(F)c(F)c1F)C(F)F. The van der Waals surface area contributed by atoms with Crippen molar-refractivity contribution in [3.63, 3.8) is 0 Å². The average molecular weight is 226 g/mol. The summed E-state index contributed by atoms with van der Waals surface area (Å²) in [5, 5.41) is 0. The maximum Gasteiger partial charge on any atom is 0.259 e. The molecule has 7 heteroatoms. The van der Waals surface area contributed by atoms with E-state index >= 15 is 0 Å². The molecule has 0 amide bonds. The molecule has 84 valence electrons. The van der Waals surface area contributed by atoms with E-state index < -0.39 is 35.5 Å². The number of nitrogens with two attached hydrogens (primary N) is 1. The summed E-state index contributed by atoms with van der Waals surface area (Å²) >= 11 is 0. The molecule has 0 saturated carbocycles. The minimum absolute atomic E-state index is 0.556. The second-order valence-electron chi connectivity index (χ2n) is 2.74. The zero-order valence-corrected chi connectivity index (χ0v) is 7.28. The molecule has 0 bridgehead atoms. The Hall–Kier alpha value is -1.21. The number of hydrogen-bond acceptors (Lipinski definition) is 2. The first-order chi connectivity index (χ1) is 6.99. The lowest BCUT2D eigenvalue weighted by atomic mass is 10.1. The van der Waals surface area contributed by atoms with Crippen molar-refractivity contribution in [3.05, 3.63) is 35.1 Å². The Morgan fingerprint density at radius 3 is 2.13 bits per heavy atom. The molecule has 2 nitrogen and oxygen atoms in total. The predicted octanol–water partition coefficient (Wildman–Crippen LogP) is 1.87. The van der Waals surface area contributed by atoms with Crippen molar-refractivity contribution in [2.75, 3.05) is 0 Å². The van der Waals surface area contributed by atoms with Gasteiger partial charge in [0.25, 0.3) is 6.43 Å². The smallest absolute Gasteiger partial charge is 0.259 e. The monoisotopic (exact) mass is 226 g/mol. The molecule has 0 radical (unpaired) electrons. The van der Waals surface area contributed by atoms with E-state index in [0.29, 0.717) is 12.1 Å². The van der Waals surface area contributed by atoms with Crippen LogP contribution in [0.25, 0.3) is 0 Å². The van der Waals surface area contributed by atoms with Crippen molar-refractivity contribution >= 4 is 0 Å². The van der Waals surface area contributed by atoms with E-state index in [1.807, 2.05) is 0 Å². The van der Waals surface area contributed by atoms with Gasteiger partial charge in [-0.25, -0.2) is 27.4 Å². The topological polar surface area (TPSA) is 38.0 Å². The van der Waals surface area contributed by atoms with Gasteiger partial charge in [-0.3, -0.25) is 5.84 Å². The van der Waals surface area contributed by atoms with Crippen LogP contribution in [0.15, 0.2) is 12.1 Å². The Labute approximate surface area is 81.8 Å². The van der Waals surface area contributed by atoms with Gasteiger partial charge in [-0.05, 0) is 6.07 Å². The molecule has 0 aliphatic heterocycles. The van der Waals surface area contributed by atoms with E-state index in [0.717, 1.165) is 0 Å². The van der Waals surface area contributed by atoms with Crippen LogP contribution >= 0.6 is 0 Å². The molecule has 1 aromatic rings. The Bertz CT molecular complexity index is 355. The van der Waals surface area contributed by atoms with Crippen LogP contribution in [0.2, 0.25) is 0 Å². The van der Waals surface area contributed by atoms with Crippen LogP contribution < -0.4 is 11.3 Å². The molecule has 15 heavy (non-hydrogen) atoms. The molecule has 0 fully saturated rings. The molecule has 0 aliphatic carbocycles. The summed E-state index contributed by atoms with van der Waals surface area (Å²) in [4.78, 5) is 0. The van der Waals surface area contributed by atoms with Crippen LogP contribution in [0.1, 0.15) is 11.6 Å². The average Bonchev–Trinajstić information content (AvgIpc) is 2.18. The number of halogens is 5. The maximum absolute atomic E-state index is 13.0. The lowest BCUT2D eigenvalue weighted by Gasteiger charge is -2.16. The normalized spacial score (nSPS) is 13.3. The molecule has 1 rings (SSSR count). The highest BCUT2D eigenvalue weighted by Gasteiger charge is 2.26. The van der Waals surface area contributed by atoms with E-state index in [1.165, 1.54) is 0 Å². The molecule has 0 aromatic heterocycles. The van der Waals surface area contributed by atoms with Gasteiger partial charge in [-0.15, -0.1) is 0 Å².